The van der Waals surface area contributed by atoms with Crippen molar-refractivity contribution in [2.75, 3.05) is 5.48 Å². The molecule has 0 aliphatic carbocycles. The zero-order chi connectivity index (χ0) is 7.68. The predicted molar refractivity (Wildman–Crippen MR) is 51.6 cm³/mol. The summed E-state index contributed by atoms with van der Waals surface area (Å²) in [7, 11) is 0. The van der Waals surface area contributed by atoms with Crippen LogP contribution in [0.25, 0.3) is 11.2 Å². The van der Waals surface area contributed by atoms with E-state index in [1.165, 1.54) is 12.7 Å². The summed E-state index contributed by atoms with van der Waals surface area (Å²) in [5, 5.41) is 8.57. The number of hydrogen-bond donors (Lipinski definition) is 3. The summed E-state index contributed by atoms with van der Waals surface area (Å²) in [5.74, 6) is 0.326. The number of halogens is 2. The minimum atomic E-state index is 0. The van der Waals surface area contributed by atoms with Crippen LogP contribution >= 0.6 is 24.8 Å². The van der Waals surface area contributed by atoms with Gasteiger partial charge in [-0.2, -0.15) is 0 Å². The minimum absolute atomic E-state index is 0. The van der Waals surface area contributed by atoms with E-state index in [4.69, 9.17) is 5.21 Å². The molecule has 2 heterocycles. The van der Waals surface area contributed by atoms with Crippen LogP contribution in [-0.4, -0.2) is 25.1 Å². The van der Waals surface area contributed by atoms with Crippen molar-refractivity contribution < 1.29 is 5.21 Å². The van der Waals surface area contributed by atoms with Crippen LogP contribution in [0.2, 0.25) is 0 Å². The lowest BCUT2D eigenvalue weighted by Gasteiger charge is -1.95. The zero-order valence-corrected chi connectivity index (χ0v) is 7.89. The molecule has 0 spiro atoms. The fraction of sp³-hybridized carbons (Fsp3) is 0. The van der Waals surface area contributed by atoms with Crippen LogP contribution in [0.3, 0.4) is 0 Å². The van der Waals surface area contributed by atoms with Gasteiger partial charge in [-0.25, -0.2) is 15.0 Å². The SMILES string of the molecule is Cl.Cl.ONc1ncnc2nc[nH]c12. The highest BCUT2D eigenvalue weighted by Crippen LogP contribution is 2.12. The Kier molecular flexibility index (Phi) is 4.39. The van der Waals surface area contributed by atoms with E-state index < -0.39 is 0 Å². The summed E-state index contributed by atoms with van der Waals surface area (Å²) >= 11 is 0. The summed E-state index contributed by atoms with van der Waals surface area (Å²) in [6, 6.07) is 0. The van der Waals surface area contributed by atoms with Crippen molar-refractivity contribution in [3.05, 3.63) is 12.7 Å². The molecule has 0 unspecified atom stereocenters. The van der Waals surface area contributed by atoms with Crippen molar-refractivity contribution in [1.29, 1.82) is 0 Å². The van der Waals surface area contributed by atoms with Crippen LogP contribution in [-0.2, 0) is 0 Å². The van der Waals surface area contributed by atoms with Crippen LogP contribution < -0.4 is 5.48 Å². The number of imidazole rings is 1. The first-order valence-electron chi connectivity index (χ1n) is 2.96. The van der Waals surface area contributed by atoms with Crippen molar-refractivity contribution in [3.63, 3.8) is 0 Å². The van der Waals surface area contributed by atoms with E-state index >= 15 is 0 Å². The lowest BCUT2D eigenvalue weighted by Crippen LogP contribution is -1.94. The van der Waals surface area contributed by atoms with Gasteiger partial charge in [-0.05, 0) is 0 Å². The fourth-order valence-electron chi connectivity index (χ4n) is 0.850. The van der Waals surface area contributed by atoms with Crippen molar-refractivity contribution in [2.24, 2.45) is 0 Å². The zero-order valence-electron chi connectivity index (χ0n) is 6.26. The Morgan fingerprint density at radius 2 is 2.00 bits per heavy atom. The van der Waals surface area contributed by atoms with E-state index in [1.54, 1.807) is 0 Å². The second-order valence-corrected chi connectivity index (χ2v) is 1.94. The smallest absolute Gasteiger partial charge is 0.182 e. The molecule has 0 aliphatic heterocycles. The molecular formula is C5H7Cl2N5O. The number of fused-ring (bicyclic) bond motifs is 1. The van der Waals surface area contributed by atoms with E-state index in [0.717, 1.165) is 0 Å². The van der Waals surface area contributed by atoms with Gasteiger partial charge < -0.3 is 4.98 Å². The molecule has 0 fully saturated rings. The third-order valence-electron chi connectivity index (χ3n) is 1.33. The predicted octanol–water partition coefficient (Wildman–Crippen LogP) is 0.998. The van der Waals surface area contributed by atoms with Crippen molar-refractivity contribution in [3.8, 4) is 0 Å². The van der Waals surface area contributed by atoms with Crippen LogP contribution in [0, 0.1) is 0 Å². The first-order chi connectivity index (χ1) is 5.42. The first kappa shape index (κ1) is 11.9. The van der Waals surface area contributed by atoms with Gasteiger partial charge in [0.25, 0.3) is 0 Å². The van der Waals surface area contributed by atoms with Gasteiger partial charge in [-0.3, -0.25) is 10.7 Å². The third-order valence-corrected chi connectivity index (χ3v) is 1.33. The molecule has 0 atom stereocenters. The molecule has 8 heteroatoms. The molecule has 0 aromatic carbocycles. The van der Waals surface area contributed by atoms with E-state index in [-0.39, 0.29) is 24.8 Å². The van der Waals surface area contributed by atoms with Gasteiger partial charge in [-0.15, -0.1) is 24.8 Å². The fourth-order valence-corrected chi connectivity index (χ4v) is 0.850. The molecule has 13 heavy (non-hydrogen) atoms. The normalized spacial score (nSPS) is 8.69. The summed E-state index contributed by atoms with van der Waals surface area (Å²) in [6.45, 7) is 0. The number of nitrogens with zero attached hydrogens (tertiary/aromatic N) is 3. The van der Waals surface area contributed by atoms with Gasteiger partial charge in [0.15, 0.2) is 11.5 Å². The average Bonchev–Trinajstić information content (AvgIpc) is 2.50. The molecule has 72 valence electrons. The molecule has 0 saturated carbocycles. The highest BCUT2D eigenvalue weighted by atomic mass is 35.5. The maximum absolute atomic E-state index is 8.57. The second kappa shape index (κ2) is 4.80. The second-order valence-electron chi connectivity index (χ2n) is 1.94. The van der Waals surface area contributed by atoms with Crippen molar-refractivity contribution in [2.45, 2.75) is 0 Å². The third kappa shape index (κ3) is 1.97. The van der Waals surface area contributed by atoms with Crippen LogP contribution in [0.5, 0.6) is 0 Å². The monoisotopic (exact) mass is 223 g/mol. The standard InChI is InChI=1S/C5H5N5O.2ClH/c11-10-5-3-4(7-1-6-3)8-2-9-5;;/h1-2,11H,(H2,6,7,8,9,10);2*1H. The molecule has 2 aromatic heterocycles. The van der Waals surface area contributed by atoms with Gasteiger partial charge in [0.05, 0.1) is 6.33 Å². The number of anilines is 1. The molecule has 0 aliphatic rings. The minimum Gasteiger partial charge on any atom is -0.340 e. The summed E-state index contributed by atoms with van der Waals surface area (Å²) in [4.78, 5) is 14.2. The van der Waals surface area contributed by atoms with Gasteiger partial charge in [0.2, 0.25) is 0 Å². The number of rotatable bonds is 1. The molecule has 0 radical (unpaired) electrons. The van der Waals surface area contributed by atoms with Crippen LogP contribution in [0.1, 0.15) is 0 Å². The Bertz CT molecular complexity index is 378. The maximum atomic E-state index is 8.57. The van der Waals surface area contributed by atoms with Crippen LogP contribution in [0.4, 0.5) is 5.82 Å². The highest BCUT2D eigenvalue weighted by Gasteiger charge is 2.02. The van der Waals surface area contributed by atoms with E-state index in [9.17, 15) is 0 Å². The van der Waals surface area contributed by atoms with Crippen molar-refractivity contribution in [1.82, 2.24) is 19.9 Å². The quantitative estimate of drug-likeness (QED) is 0.629. The van der Waals surface area contributed by atoms with E-state index in [1.807, 2.05) is 5.48 Å². The first-order valence-corrected chi connectivity index (χ1v) is 2.96. The molecule has 3 N–H and O–H groups in total. The van der Waals surface area contributed by atoms with Gasteiger partial charge in [0, 0.05) is 0 Å². The largest absolute Gasteiger partial charge is 0.340 e. The maximum Gasteiger partial charge on any atom is 0.182 e. The molecular weight excluding hydrogens is 217 g/mol. The number of aromatic nitrogens is 4. The Balaban J connectivity index is 0.000000720. The summed E-state index contributed by atoms with van der Waals surface area (Å²) in [5.41, 5.74) is 3.05. The van der Waals surface area contributed by atoms with Gasteiger partial charge >= 0.3 is 0 Å². The molecule has 2 aromatic rings. The Hall–Kier alpha value is -1.11. The average molecular weight is 224 g/mol. The lowest BCUT2D eigenvalue weighted by molar-refractivity contribution is 0.386. The topological polar surface area (TPSA) is 86.7 Å². The Morgan fingerprint density at radius 1 is 1.23 bits per heavy atom. The Morgan fingerprint density at radius 3 is 2.69 bits per heavy atom. The summed E-state index contributed by atoms with van der Waals surface area (Å²) < 4.78 is 0. The summed E-state index contributed by atoms with van der Waals surface area (Å²) in [6.07, 6.45) is 2.81. The number of hydrogen-bond acceptors (Lipinski definition) is 5. The van der Waals surface area contributed by atoms with Crippen molar-refractivity contribution >= 4 is 41.8 Å². The molecule has 2 rings (SSSR count). The highest BCUT2D eigenvalue weighted by molar-refractivity contribution is 5.85. The Labute approximate surface area is 85.6 Å². The van der Waals surface area contributed by atoms with Gasteiger partial charge in [0.1, 0.15) is 11.8 Å². The number of H-pyrrole nitrogens is 1. The molecule has 6 nitrogen and oxygen atoms in total. The molecule has 0 bridgehead atoms. The number of aromatic amines is 1. The van der Waals surface area contributed by atoms with Gasteiger partial charge in [-0.1, -0.05) is 0 Å². The van der Waals surface area contributed by atoms with E-state index in [0.29, 0.717) is 17.0 Å². The van der Waals surface area contributed by atoms with Crippen LogP contribution in [0.15, 0.2) is 12.7 Å². The molecule has 0 saturated heterocycles. The number of nitrogens with one attached hydrogen (secondary N) is 2. The van der Waals surface area contributed by atoms with E-state index in [2.05, 4.69) is 19.9 Å². The lowest BCUT2D eigenvalue weighted by atomic mass is 10.5. The molecule has 0 amide bonds.